The third-order valence-electron chi connectivity index (χ3n) is 1.30. The molecule has 0 aliphatic rings. The van der Waals surface area contributed by atoms with Crippen molar-refractivity contribution in [2.24, 2.45) is 5.11 Å². The molecular weight excluding hydrogens is 126 g/mol. The van der Waals surface area contributed by atoms with Gasteiger partial charge in [0.1, 0.15) is 5.69 Å². The van der Waals surface area contributed by atoms with Crippen LogP contribution in [0.2, 0.25) is 0 Å². The second-order valence-corrected chi connectivity index (χ2v) is 2.17. The van der Waals surface area contributed by atoms with Crippen molar-refractivity contribution in [2.75, 3.05) is 5.73 Å². The SMILES string of the molecule is Cc1ccc(N=N)c(N)c1. The number of nitrogens with zero attached hydrogens (tertiary/aromatic N) is 1. The van der Waals surface area contributed by atoms with Crippen LogP contribution in [0.1, 0.15) is 5.56 Å². The Balaban J connectivity index is 3.19. The average Bonchev–Trinajstić information content (AvgIpc) is 1.88. The van der Waals surface area contributed by atoms with Gasteiger partial charge in [-0.15, -0.1) is 0 Å². The van der Waals surface area contributed by atoms with E-state index in [1.54, 1.807) is 12.1 Å². The lowest BCUT2D eigenvalue weighted by Gasteiger charge is -1.97. The zero-order valence-corrected chi connectivity index (χ0v) is 5.76. The molecule has 0 amide bonds. The topological polar surface area (TPSA) is 62.2 Å². The van der Waals surface area contributed by atoms with Crippen LogP contribution in [0.3, 0.4) is 0 Å². The van der Waals surface area contributed by atoms with Crippen LogP contribution in [-0.2, 0) is 0 Å². The van der Waals surface area contributed by atoms with Crippen LogP contribution >= 0.6 is 0 Å². The first-order chi connectivity index (χ1) is 4.74. The van der Waals surface area contributed by atoms with E-state index in [2.05, 4.69) is 5.11 Å². The first-order valence-electron chi connectivity index (χ1n) is 2.97. The molecule has 52 valence electrons. The summed E-state index contributed by atoms with van der Waals surface area (Å²) in [6.45, 7) is 1.95. The van der Waals surface area contributed by atoms with E-state index in [0.29, 0.717) is 11.4 Å². The molecule has 3 N–H and O–H groups in total. The summed E-state index contributed by atoms with van der Waals surface area (Å²) in [5.74, 6) is 0. The lowest BCUT2D eigenvalue weighted by atomic mass is 10.2. The molecule has 0 bridgehead atoms. The molecule has 1 aromatic rings. The summed E-state index contributed by atoms with van der Waals surface area (Å²) in [6.07, 6.45) is 0. The fraction of sp³-hybridized carbons (Fsp3) is 0.143. The third-order valence-corrected chi connectivity index (χ3v) is 1.30. The number of rotatable bonds is 1. The Kier molecular flexibility index (Phi) is 1.67. The van der Waals surface area contributed by atoms with E-state index in [0.717, 1.165) is 5.56 Å². The smallest absolute Gasteiger partial charge is 0.108 e. The van der Waals surface area contributed by atoms with Gasteiger partial charge in [-0.1, -0.05) is 6.07 Å². The number of anilines is 1. The summed E-state index contributed by atoms with van der Waals surface area (Å²) < 4.78 is 0. The van der Waals surface area contributed by atoms with Crippen LogP contribution in [0.25, 0.3) is 0 Å². The van der Waals surface area contributed by atoms with Crippen molar-refractivity contribution >= 4 is 11.4 Å². The molecule has 0 aliphatic carbocycles. The fourth-order valence-corrected chi connectivity index (χ4v) is 0.776. The van der Waals surface area contributed by atoms with Crippen molar-refractivity contribution in [3.63, 3.8) is 0 Å². The maximum Gasteiger partial charge on any atom is 0.108 e. The quantitative estimate of drug-likeness (QED) is 0.450. The molecule has 0 aliphatic heterocycles. The molecule has 1 aromatic carbocycles. The minimum atomic E-state index is 0.533. The van der Waals surface area contributed by atoms with Crippen molar-refractivity contribution in [3.05, 3.63) is 23.8 Å². The molecule has 3 nitrogen and oxygen atoms in total. The summed E-state index contributed by atoms with van der Waals surface area (Å²) >= 11 is 0. The molecular formula is C7H9N3. The largest absolute Gasteiger partial charge is 0.397 e. The van der Waals surface area contributed by atoms with Gasteiger partial charge in [-0.3, -0.25) is 0 Å². The van der Waals surface area contributed by atoms with Gasteiger partial charge in [0, 0.05) is 0 Å². The van der Waals surface area contributed by atoms with E-state index in [1.807, 2.05) is 13.0 Å². The van der Waals surface area contributed by atoms with Crippen molar-refractivity contribution in [2.45, 2.75) is 6.92 Å². The lowest BCUT2D eigenvalue weighted by Crippen LogP contribution is -1.85. The molecule has 3 heteroatoms. The molecule has 0 aromatic heterocycles. The monoisotopic (exact) mass is 135 g/mol. The van der Waals surface area contributed by atoms with Gasteiger partial charge in [-0.2, -0.15) is 5.11 Å². The van der Waals surface area contributed by atoms with E-state index in [1.165, 1.54) is 0 Å². The zero-order chi connectivity index (χ0) is 7.56. The van der Waals surface area contributed by atoms with Crippen molar-refractivity contribution in [1.29, 1.82) is 5.53 Å². The van der Waals surface area contributed by atoms with Crippen LogP contribution in [0, 0.1) is 12.5 Å². The molecule has 0 spiro atoms. The standard InChI is InChI=1S/C7H9N3/c1-5-2-3-7(10-9)6(8)4-5/h2-4,9H,8H2,1H3. The first kappa shape index (κ1) is 6.74. The highest BCUT2D eigenvalue weighted by Crippen LogP contribution is 2.21. The van der Waals surface area contributed by atoms with E-state index in [9.17, 15) is 0 Å². The van der Waals surface area contributed by atoms with Crippen LogP contribution in [0.5, 0.6) is 0 Å². The van der Waals surface area contributed by atoms with E-state index in [4.69, 9.17) is 11.3 Å². The van der Waals surface area contributed by atoms with Gasteiger partial charge in [0.15, 0.2) is 0 Å². The number of benzene rings is 1. The normalized spacial score (nSPS) is 9.30. The van der Waals surface area contributed by atoms with Gasteiger partial charge >= 0.3 is 0 Å². The Labute approximate surface area is 59.4 Å². The van der Waals surface area contributed by atoms with E-state index in [-0.39, 0.29) is 0 Å². The van der Waals surface area contributed by atoms with Crippen LogP contribution < -0.4 is 5.73 Å². The Bertz CT molecular complexity index is 255. The van der Waals surface area contributed by atoms with Crippen molar-refractivity contribution < 1.29 is 0 Å². The van der Waals surface area contributed by atoms with Gasteiger partial charge in [0.25, 0.3) is 0 Å². The fourth-order valence-electron chi connectivity index (χ4n) is 0.776. The van der Waals surface area contributed by atoms with Gasteiger partial charge < -0.3 is 5.73 Å². The van der Waals surface area contributed by atoms with Gasteiger partial charge in [-0.05, 0) is 24.6 Å². The first-order valence-corrected chi connectivity index (χ1v) is 2.97. The number of hydrogen-bond acceptors (Lipinski definition) is 3. The minimum Gasteiger partial charge on any atom is -0.397 e. The van der Waals surface area contributed by atoms with E-state index >= 15 is 0 Å². The summed E-state index contributed by atoms with van der Waals surface area (Å²) in [7, 11) is 0. The summed E-state index contributed by atoms with van der Waals surface area (Å²) in [5.41, 5.74) is 14.4. The number of aryl methyl sites for hydroxylation is 1. The Morgan fingerprint density at radius 1 is 1.50 bits per heavy atom. The number of nitrogens with one attached hydrogen (secondary N) is 1. The van der Waals surface area contributed by atoms with Crippen LogP contribution in [-0.4, -0.2) is 0 Å². The highest BCUT2D eigenvalue weighted by atomic mass is 15.0. The number of hydrogen-bond donors (Lipinski definition) is 2. The predicted octanol–water partition coefficient (Wildman–Crippen LogP) is 2.24. The second kappa shape index (κ2) is 2.47. The molecule has 0 saturated carbocycles. The molecule has 1 rings (SSSR count). The summed E-state index contributed by atoms with van der Waals surface area (Å²) in [5, 5.41) is 3.24. The maximum atomic E-state index is 6.70. The summed E-state index contributed by atoms with van der Waals surface area (Å²) in [6, 6.07) is 5.41. The van der Waals surface area contributed by atoms with Gasteiger partial charge in [-0.25, -0.2) is 5.53 Å². The van der Waals surface area contributed by atoms with Crippen LogP contribution in [0.4, 0.5) is 11.4 Å². The molecule has 10 heavy (non-hydrogen) atoms. The molecule has 0 saturated heterocycles. The molecule has 0 atom stereocenters. The predicted molar refractivity (Wildman–Crippen MR) is 40.4 cm³/mol. The minimum absolute atomic E-state index is 0.533. The highest BCUT2D eigenvalue weighted by Gasteiger charge is 1.94. The van der Waals surface area contributed by atoms with E-state index < -0.39 is 0 Å². The van der Waals surface area contributed by atoms with Crippen LogP contribution in [0.15, 0.2) is 23.3 Å². The van der Waals surface area contributed by atoms with Gasteiger partial charge in [0.05, 0.1) is 5.69 Å². The molecule has 0 fully saturated rings. The molecule has 0 heterocycles. The summed E-state index contributed by atoms with van der Waals surface area (Å²) in [4.78, 5) is 0. The number of nitrogens with two attached hydrogens (primary N) is 1. The van der Waals surface area contributed by atoms with Crippen molar-refractivity contribution in [3.8, 4) is 0 Å². The van der Waals surface area contributed by atoms with Crippen molar-refractivity contribution in [1.82, 2.24) is 0 Å². The number of nitrogen functional groups attached to an aromatic ring is 1. The average molecular weight is 135 g/mol. The Hall–Kier alpha value is -1.38. The molecule has 0 radical (unpaired) electrons. The Morgan fingerprint density at radius 2 is 2.20 bits per heavy atom. The van der Waals surface area contributed by atoms with Gasteiger partial charge in [0.2, 0.25) is 0 Å². The highest BCUT2D eigenvalue weighted by molar-refractivity contribution is 5.62. The zero-order valence-electron chi connectivity index (χ0n) is 5.76. The lowest BCUT2D eigenvalue weighted by molar-refractivity contribution is 1.15. The molecule has 0 unspecified atom stereocenters. The Morgan fingerprint density at radius 3 is 2.70 bits per heavy atom. The third kappa shape index (κ3) is 1.13. The maximum absolute atomic E-state index is 6.70. The second-order valence-electron chi connectivity index (χ2n) is 2.17.